The molecule has 0 aliphatic heterocycles. The minimum atomic E-state index is -0.711. The van der Waals surface area contributed by atoms with Crippen molar-refractivity contribution in [3.63, 3.8) is 0 Å². The lowest BCUT2D eigenvalue weighted by Gasteiger charge is -2.20. The van der Waals surface area contributed by atoms with Gasteiger partial charge in [-0.2, -0.15) is 0 Å². The van der Waals surface area contributed by atoms with Crippen LogP contribution in [0.15, 0.2) is 66.9 Å². The number of carbonyl (C=O) groups is 2. The zero-order chi connectivity index (χ0) is 25.7. The fourth-order valence-electron chi connectivity index (χ4n) is 3.36. The van der Waals surface area contributed by atoms with Gasteiger partial charge >= 0.3 is 6.03 Å². The van der Waals surface area contributed by atoms with E-state index in [0.29, 0.717) is 40.6 Å². The lowest BCUT2D eigenvalue weighted by atomic mass is 10.2. The van der Waals surface area contributed by atoms with E-state index in [1.54, 1.807) is 62.9 Å². The number of fused-ring (bicyclic) bond motifs is 1. The van der Waals surface area contributed by atoms with Crippen LogP contribution in [0, 0.1) is 5.82 Å². The number of methoxy groups -OCH3 is 2. The maximum absolute atomic E-state index is 13.3. The summed E-state index contributed by atoms with van der Waals surface area (Å²) in [6, 6.07) is 14.5. The van der Waals surface area contributed by atoms with E-state index in [-0.39, 0.29) is 10.7 Å². The van der Waals surface area contributed by atoms with E-state index in [1.807, 2.05) is 0 Å². The maximum atomic E-state index is 13.3. The summed E-state index contributed by atoms with van der Waals surface area (Å²) >= 11 is 5.96. The van der Waals surface area contributed by atoms with Crippen LogP contribution in [-0.2, 0) is 4.79 Å². The lowest BCUT2D eigenvalue weighted by molar-refractivity contribution is -0.107. The van der Waals surface area contributed by atoms with Crippen LogP contribution >= 0.6 is 11.6 Å². The molecule has 0 radical (unpaired) electrons. The predicted molar refractivity (Wildman–Crippen MR) is 133 cm³/mol. The van der Waals surface area contributed by atoms with Crippen molar-refractivity contribution >= 4 is 46.3 Å². The summed E-state index contributed by atoms with van der Waals surface area (Å²) < 4.78 is 30.0. The first-order valence-corrected chi connectivity index (χ1v) is 10.9. The molecule has 0 atom stereocenters. The Morgan fingerprint density at radius 2 is 1.72 bits per heavy atom. The fraction of sp³-hybridized carbons (Fsp3) is 0.0800. The van der Waals surface area contributed by atoms with Gasteiger partial charge < -0.3 is 19.5 Å². The fourth-order valence-corrected chi connectivity index (χ4v) is 3.62. The third kappa shape index (κ3) is 5.39. The Labute approximate surface area is 210 Å². The number of anilines is 2. The van der Waals surface area contributed by atoms with Gasteiger partial charge in [-0.3, -0.25) is 9.78 Å². The average Bonchev–Trinajstić information content (AvgIpc) is 2.88. The first kappa shape index (κ1) is 24.6. The van der Waals surface area contributed by atoms with Crippen molar-refractivity contribution in [1.29, 1.82) is 0 Å². The Morgan fingerprint density at radius 1 is 1.00 bits per heavy atom. The van der Waals surface area contributed by atoms with Gasteiger partial charge in [0.25, 0.3) is 0 Å². The molecule has 9 nitrogen and oxygen atoms in total. The van der Waals surface area contributed by atoms with Gasteiger partial charge in [-0.1, -0.05) is 11.6 Å². The maximum Gasteiger partial charge on any atom is 0.338 e. The number of halogens is 2. The van der Waals surface area contributed by atoms with Crippen molar-refractivity contribution in [1.82, 2.24) is 10.4 Å². The summed E-state index contributed by atoms with van der Waals surface area (Å²) in [5.74, 6) is 1.59. The standard InChI is InChI=1S/C25H20ClFN4O5/c1-34-23-12-18-20(13-24(23)35-2)28-10-9-22(18)36-17-6-4-16(5-7-17)29-25(33)30-31(14-32)21-8-3-15(27)11-19(21)26/h3-14H,1-2H3,(H2,29,30,33). The number of rotatable bonds is 8. The molecule has 36 heavy (non-hydrogen) atoms. The zero-order valence-corrected chi connectivity index (χ0v) is 19.9. The molecule has 4 rings (SSSR count). The monoisotopic (exact) mass is 510 g/mol. The lowest BCUT2D eigenvalue weighted by Crippen LogP contribution is -2.44. The molecule has 0 fully saturated rings. The smallest absolute Gasteiger partial charge is 0.338 e. The molecule has 11 heteroatoms. The number of hydrazine groups is 1. The van der Waals surface area contributed by atoms with Crippen molar-refractivity contribution in [2.75, 3.05) is 24.5 Å². The van der Waals surface area contributed by atoms with Crippen LogP contribution in [0.2, 0.25) is 5.02 Å². The second kappa shape index (κ2) is 10.8. The van der Waals surface area contributed by atoms with E-state index in [2.05, 4.69) is 15.7 Å². The topological polar surface area (TPSA) is 102 Å². The number of carbonyl (C=O) groups excluding carboxylic acids is 2. The van der Waals surface area contributed by atoms with Crippen LogP contribution < -0.4 is 30.0 Å². The van der Waals surface area contributed by atoms with Crippen LogP contribution in [0.4, 0.5) is 20.6 Å². The second-order valence-corrected chi connectivity index (χ2v) is 7.70. The number of aromatic nitrogens is 1. The normalized spacial score (nSPS) is 10.4. The molecule has 184 valence electrons. The molecule has 0 unspecified atom stereocenters. The molecule has 2 N–H and O–H groups in total. The third-order valence-electron chi connectivity index (χ3n) is 5.04. The van der Waals surface area contributed by atoms with Crippen molar-refractivity contribution < 1.29 is 28.2 Å². The molecular formula is C25H20ClFN4O5. The van der Waals surface area contributed by atoms with E-state index in [1.165, 1.54) is 6.07 Å². The molecule has 3 amide bonds. The molecule has 3 aromatic carbocycles. The molecule has 4 aromatic rings. The largest absolute Gasteiger partial charge is 0.493 e. The molecule has 0 bridgehead atoms. The van der Waals surface area contributed by atoms with Crippen LogP contribution in [0.25, 0.3) is 10.9 Å². The SMILES string of the molecule is COc1cc2nccc(Oc3ccc(NC(=O)NN(C=O)c4ccc(F)cc4Cl)cc3)c2cc1OC. The molecule has 1 aromatic heterocycles. The highest BCUT2D eigenvalue weighted by Gasteiger charge is 2.14. The number of hydrogen-bond donors (Lipinski definition) is 2. The summed E-state index contributed by atoms with van der Waals surface area (Å²) in [6.45, 7) is 0. The molecule has 1 heterocycles. The average molecular weight is 511 g/mol. The number of urea groups is 1. The van der Waals surface area contributed by atoms with Gasteiger partial charge in [-0.25, -0.2) is 19.6 Å². The molecule has 0 aliphatic carbocycles. The van der Waals surface area contributed by atoms with Crippen molar-refractivity contribution in [2.45, 2.75) is 0 Å². The number of hydrogen-bond acceptors (Lipinski definition) is 6. The van der Waals surface area contributed by atoms with Crippen molar-refractivity contribution in [3.8, 4) is 23.0 Å². The Morgan fingerprint density at radius 3 is 2.39 bits per heavy atom. The molecule has 0 saturated carbocycles. The summed E-state index contributed by atoms with van der Waals surface area (Å²) in [6.07, 6.45) is 1.97. The minimum Gasteiger partial charge on any atom is -0.493 e. The summed E-state index contributed by atoms with van der Waals surface area (Å²) in [5.41, 5.74) is 3.55. The highest BCUT2D eigenvalue weighted by atomic mass is 35.5. The first-order valence-electron chi connectivity index (χ1n) is 10.5. The van der Waals surface area contributed by atoms with E-state index < -0.39 is 11.8 Å². The Balaban J connectivity index is 1.45. The Bertz CT molecular complexity index is 1420. The van der Waals surface area contributed by atoms with Crippen LogP contribution in [0.1, 0.15) is 0 Å². The molecule has 0 spiro atoms. The van der Waals surface area contributed by atoms with Gasteiger partial charge in [-0.05, 0) is 54.6 Å². The predicted octanol–water partition coefficient (Wildman–Crippen LogP) is 5.54. The van der Waals surface area contributed by atoms with Crippen LogP contribution in [0.5, 0.6) is 23.0 Å². The molecule has 0 aliphatic rings. The third-order valence-corrected chi connectivity index (χ3v) is 5.35. The number of nitrogens with zero attached hydrogens (tertiary/aromatic N) is 2. The molecular weight excluding hydrogens is 491 g/mol. The van der Waals surface area contributed by atoms with Gasteiger partial charge in [0.05, 0.1) is 30.4 Å². The van der Waals surface area contributed by atoms with Gasteiger partial charge in [0, 0.05) is 23.3 Å². The second-order valence-electron chi connectivity index (χ2n) is 7.30. The van der Waals surface area contributed by atoms with Crippen LogP contribution in [-0.4, -0.2) is 31.6 Å². The van der Waals surface area contributed by atoms with Gasteiger partial charge in [-0.15, -0.1) is 0 Å². The number of benzene rings is 3. The Hall–Kier alpha value is -4.57. The number of amides is 3. The zero-order valence-electron chi connectivity index (χ0n) is 19.1. The minimum absolute atomic E-state index is 0.0383. The first-order chi connectivity index (χ1) is 17.4. The highest BCUT2D eigenvalue weighted by Crippen LogP contribution is 2.37. The van der Waals surface area contributed by atoms with Gasteiger partial charge in [0.15, 0.2) is 11.5 Å². The van der Waals surface area contributed by atoms with E-state index >= 15 is 0 Å². The summed E-state index contributed by atoms with van der Waals surface area (Å²) in [4.78, 5) is 28.1. The number of pyridine rings is 1. The summed E-state index contributed by atoms with van der Waals surface area (Å²) in [5, 5.41) is 4.12. The molecule has 0 saturated heterocycles. The van der Waals surface area contributed by atoms with E-state index in [0.717, 1.165) is 22.5 Å². The quantitative estimate of drug-likeness (QED) is 0.238. The van der Waals surface area contributed by atoms with Crippen molar-refractivity contribution in [2.24, 2.45) is 0 Å². The van der Waals surface area contributed by atoms with Gasteiger partial charge in [0.2, 0.25) is 6.41 Å². The number of ether oxygens (including phenoxy) is 3. The highest BCUT2D eigenvalue weighted by molar-refractivity contribution is 6.33. The van der Waals surface area contributed by atoms with Gasteiger partial charge in [0.1, 0.15) is 17.3 Å². The summed E-state index contributed by atoms with van der Waals surface area (Å²) in [7, 11) is 3.10. The van der Waals surface area contributed by atoms with E-state index in [4.69, 9.17) is 25.8 Å². The Kier molecular flexibility index (Phi) is 7.36. The van der Waals surface area contributed by atoms with Crippen molar-refractivity contribution in [3.05, 3.63) is 77.7 Å². The number of nitrogens with one attached hydrogen (secondary N) is 2. The van der Waals surface area contributed by atoms with E-state index in [9.17, 15) is 14.0 Å². The van der Waals surface area contributed by atoms with Crippen LogP contribution in [0.3, 0.4) is 0 Å².